The Hall–Kier alpha value is 3.80. The lowest BCUT2D eigenvalue weighted by atomic mass is 10.5. The quantitative estimate of drug-likeness (QED) is 0.296. The number of halogens is 8. The van der Waals surface area contributed by atoms with Gasteiger partial charge in [-0.15, -0.1) is 0 Å². The lowest BCUT2D eigenvalue weighted by Gasteiger charge is -2.26. The van der Waals surface area contributed by atoms with Gasteiger partial charge in [-0.05, 0) is 0 Å². The number of ether oxygens (including phenoxy) is 1. The molecule has 0 saturated carbocycles. The molecule has 0 aliphatic heterocycles. The van der Waals surface area contributed by atoms with Crippen LogP contribution in [0, 0.1) is 0 Å². The van der Waals surface area contributed by atoms with Gasteiger partial charge < -0.3 is 4.74 Å². The largest absolute Gasteiger partial charge is 0.377 e. The predicted molar refractivity (Wildman–Crippen MR) is 95.3 cm³/mol. The lowest BCUT2D eigenvalue weighted by molar-refractivity contribution is 0.135. The molecular formula is C6H6Br8O. The molecule has 0 spiro atoms. The van der Waals surface area contributed by atoms with Crippen molar-refractivity contribution in [2.45, 2.75) is 13.9 Å². The number of rotatable bonds is 6. The fourth-order valence-corrected chi connectivity index (χ4v) is 1.63. The highest BCUT2D eigenvalue weighted by Crippen LogP contribution is 2.41. The summed E-state index contributed by atoms with van der Waals surface area (Å²) >= 11 is 27.6. The fraction of sp³-hybridized carbons (Fsp3) is 1.00. The van der Waals surface area contributed by atoms with Crippen LogP contribution in [-0.2, 0) is 4.74 Å². The van der Waals surface area contributed by atoms with Gasteiger partial charge >= 0.3 is 0 Å². The van der Waals surface area contributed by atoms with Crippen LogP contribution in [0.4, 0.5) is 0 Å². The van der Waals surface area contributed by atoms with Gasteiger partial charge in [-0.25, -0.2) is 0 Å². The third kappa shape index (κ3) is 7.84. The first kappa shape index (κ1) is 18.8. The highest BCUT2D eigenvalue weighted by atomic mass is 79.9. The molecule has 0 aromatic carbocycles. The smallest absolute Gasteiger partial charge is 0.126 e. The van der Waals surface area contributed by atoms with Crippen LogP contribution in [0.1, 0.15) is 0 Å². The van der Waals surface area contributed by atoms with Gasteiger partial charge in [0.2, 0.25) is 0 Å². The predicted octanol–water partition coefficient (Wildman–Crippen LogP) is 6.21. The van der Waals surface area contributed by atoms with E-state index in [2.05, 4.69) is 127 Å². The van der Waals surface area contributed by atoms with Gasteiger partial charge in [0.1, 0.15) is 6.47 Å². The summed E-state index contributed by atoms with van der Waals surface area (Å²) in [5.74, 6) is 0. The maximum absolute atomic E-state index is 5.58. The van der Waals surface area contributed by atoms with Crippen LogP contribution in [0.2, 0.25) is 0 Å². The summed E-state index contributed by atoms with van der Waals surface area (Å²) in [5, 5.41) is 0. The Labute approximate surface area is 157 Å². The van der Waals surface area contributed by atoms with Gasteiger partial charge in [-0.2, -0.15) is 0 Å². The molecule has 0 rings (SSSR count). The van der Waals surface area contributed by atoms with Crippen molar-refractivity contribution < 1.29 is 4.74 Å². The average molecular weight is 733 g/mol. The minimum Gasteiger partial charge on any atom is -0.377 e. The molecule has 0 aliphatic rings. The summed E-state index contributed by atoms with van der Waals surface area (Å²) in [6, 6.07) is 0. The third-order valence-corrected chi connectivity index (χ3v) is 12.0. The fourth-order valence-electron chi connectivity index (χ4n) is 0.449. The average Bonchev–Trinajstić information content (AvgIpc) is 2.02. The van der Waals surface area contributed by atoms with Gasteiger partial charge in [0.15, 0.2) is 0 Å². The zero-order valence-electron chi connectivity index (χ0n) is 7.00. The van der Waals surface area contributed by atoms with Crippen molar-refractivity contribution in [3.05, 3.63) is 0 Å². The molecular weight excluding hydrogens is 727 g/mol. The summed E-state index contributed by atoms with van der Waals surface area (Å²) in [5.41, 5.74) is 0. The second kappa shape index (κ2) is 8.17. The Bertz CT molecular complexity index is 172. The van der Waals surface area contributed by atoms with Gasteiger partial charge in [0.25, 0.3) is 0 Å². The Morgan fingerprint density at radius 2 is 1.00 bits per heavy atom. The normalized spacial score (nSPS) is 14.0. The van der Waals surface area contributed by atoms with Crippen LogP contribution in [0.15, 0.2) is 0 Å². The van der Waals surface area contributed by atoms with Crippen molar-refractivity contribution in [1.82, 2.24) is 0 Å². The van der Waals surface area contributed by atoms with Crippen molar-refractivity contribution in [2.24, 2.45) is 0 Å². The minimum absolute atomic E-state index is 0.0706. The number of hydrogen-bond acceptors (Lipinski definition) is 1. The highest BCUT2D eigenvalue weighted by Gasteiger charge is 2.34. The molecule has 0 unspecified atom stereocenters. The van der Waals surface area contributed by atoms with E-state index in [1.165, 1.54) is 0 Å². The van der Waals surface area contributed by atoms with E-state index in [-0.39, 0.29) is 13.9 Å². The molecule has 0 atom stereocenters. The van der Waals surface area contributed by atoms with Crippen LogP contribution in [0.5, 0.6) is 0 Å². The first-order valence-corrected chi connectivity index (χ1v) is 10.3. The molecule has 9 heteroatoms. The standard InChI is InChI=1S/C6H6Br8O/c7-3(8)5(11,12)1-15-2-6(13,14)4(9)10/h3-4H,1-2H2. The Balaban J connectivity index is 4.00. The molecule has 0 radical (unpaired) electrons. The summed E-state index contributed by atoms with van der Waals surface area (Å²) in [6.07, 6.45) is 0. The second-order valence-corrected chi connectivity index (χ2v) is 16.5. The van der Waals surface area contributed by atoms with Gasteiger partial charge in [-0.3, -0.25) is 0 Å². The Kier molecular flexibility index (Phi) is 10.2. The van der Waals surface area contributed by atoms with E-state index in [0.717, 1.165) is 0 Å². The van der Waals surface area contributed by atoms with Crippen LogP contribution in [0.25, 0.3) is 0 Å². The van der Waals surface area contributed by atoms with Gasteiger partial charge in [0.05, 0.1) is 20.7 Å². The van der Waals surface area contributed by atoms with E-state index in [9.17, 15) is 0 Å². The zero-order chi connectivity index (χ0) is 12.3. The maximum Gasteiger partial charge on any atom is 0.126 e. The van der Waals surface area contributed by atoms with E-state index in [1.807, 2.05) is 0 Å². The molecule has 0 amide bonds. The molecule has 0 fully saturated rings. The third-order valence-electron chi connectivity index (χ3n) is 1.23. The number of hydrogen-bond donors (Lipinski definition) is 0. The topological polar surface area (TPSA) is 9.23 Å². The van der Waals surface area contributed by atoms with E-state index in [0.29, 0.717) is 13.2 Å². The van der Waals surface area contributed by atoms with Crippen molar-refractivity contribution in [3.63, 3.8) is 0 Å². The maximum atomic E-state index is 5.58. The Morgan fingerprint density at radius 1 is 0.733 bits per heavy atom. The highest BCUT2D eigenvalue weighted by molar-refractivity contribution is 9.30. The molecule has 0 aliphatic carbocycles. The van der Waals surface area contributed by atoms with E-state index >= 15 is 0 Å². The first-order chi connectivity index (χ1) is 6.59. The molecule has 0 heterocycles. The lowest BCUT2D eigenvalue weighted by Crippen LogP contribution is -2.32. The van der Waals surface area contributed by atoms with Crippen molar-refractivity contribution in [3.8, 4) is 0 Å². The molecule has 0 aromatic heterocycles. The molecule has 0 saturated heterocycles. The molecule has 92 valence electrons. The Morgan fingerprint density at radius 3 is 1.20 bits per heavy atom. The van der Waals surface area contributed by atoms with Crippen LogP contribution < -0.4 is 0 Å². The van der Waals surface area contributed by atoms with Crippen LogP contribution in [0.3, 0.4) is 0 Å². The van der Waals surface area contributed by atoms with Gasteiger partial charge in [-0.1, -0.05) is 127 Å². The summed E-state index contributed by atoms with van der Waals surface area (Å²) in [7, 11) is 0. The first-order valence-electron chi connectivity index (χ1n) is 3.49. The minimum atomic E-state index is -0.329. The van der Waals surface area contributed by atoms with Crippen LogP contribution in [-0.4, -0.2) is 27.2 Å². The number of alkyl halides is 8. The van der Waals surface area contributed by atoms with Crippen molar-refractivity contribution >= 4 is 127 Å². The molecule has 0 bridgehead atoms. The zero-order valence-corrected chi connectivity index (χ0v) is 19.7. The summed E-state index contributed by atoms with van der Waals surface area (Å²) in [4.78, 5) is 0. The molecule has 15 heavy (non-hydrogen) atoms. The van der Waals surface area contributed by atoms with Crippen molar-refractivity contribution in [1.29, 1.82) is 0 Å². The summed E-state index contributed by atoms with van der Waals surface area (Å²) < 4.78 is 5.06. The molecule has 0 N–H and O–H groups in total. The van der Waals surface area contributed by atoms with Crippen molar-refractivity contribution in [2.75, 3.05) is 13.2 Å². The van der Waals surface area contributed by atoms with E-state index in [1.54, 1.807) is 0 Å². The van der Waals surface area contributed by atoms with E-state index < -0.39 is 0 Å². The van der Waals surface area contributed by atoms with Gasteiger partial charge in [0, 0.05) is 0 Å². The SMILES string of the molecule is BrC(Br)C(Br)(Br)COCC(Br)(Br)C(Br)Br. The molecule has 1 nitrogen and oxygen atoms in total. The second-order valence-electron chi connectivity index (χ2n) is 2.62. The monoisotopic (exact) mass is 725 g/mol. The van der Waals surface area contributed by atoms with Crippen LogP contribution >= 0.6 is 127 Å². The molecule has 0 aromatic rings. The summed E-state index contributed by atoms with van der Waals surface area (Å²) in [6.45, 7) is 1.000. The van der Waals surface area contributed by atoms with E-state index in [4.69, 9.17) is 4.74 Å².